The van der Waals surface area contributed by atoms with Crippen LogP contribution in [0.1, 0.15) is 12.8 Å². The zero-order valence-electron chi connectivity index (χ0n) is 6.68. The van der Waals surface area contributed by atoms with E-state index in [0.29, 0.717) is 12.3 Å². The average molecular weight is 154 g/mol. The summed E-state index contributed by atoms with van der Waals surface area (Å²) in [7, 11) is 0. The van der Waals surface area contributed by atoms with Gasteiger partial charge in [-0.2, -0.15) is 5.26 Å². The summed E-state index contributed by atoms with van der Waals surface area (Å²) < 4.78 is 5.21. The Balaban J connectivity index is 1.90. The number of ether oxygens (including phenoxy) is 1. The lowest BCUT2D eigenvalue weighted by molar-refractivity contribution is 0.185. The Labute approximate surface area is 67.3 Å². The predicted molar refractivity (Wildman–Crippen MR) is 42.0 cm³/mol. The van der Waals surface area contributed by atoms with Gasteiger partial charge < -0.3 is 10.1 Å². The summed E-state index contributed by atoms with van der Waals surface area (Å²) in [6.45, 7) is 3.61. The lowest BCUT2D eigenvalue weighted by atomic mass is 10.1. The first-order valence-corrected chi connectivity index (χ1v) is 4.09. The van der Waals surface area contributed by atoms with Crippen molar-refractivity contribution in [3.8, 4) is 6.07 Å². The van der Waals surface area contributed by atoms with E-state index in [0.717, 1.165) is 26.3 Å². The average Bonchev–Trinajstić information content (AvgIpc) is 2.50. The second-order valence-corrected chi connectivity index (χ2v) is 2.84. The zero-order chi connectivity index (χ0) is 7.94. The summed E-state index contributed by atoms with van der Waals surface area (Å²) in [5, 5.41) is 11.5. The van der Waals surface area contributed by atoms with Gasteiger partial charge in [-0.25, -0.2) is 0 Å². The molecule has 62 valence electrons. The number of hydrogen-bond donors (Lipinski definition) is 1. The summed E-state index contributed by atoms with van der Waals surface area (Å²) >= 11 is 0. The number of nitriles is 1. The van der Waals surface area contributed by atoms with Crippen LogP contribution < -0.4 is 5.32 Å². The van der Waals surface area contributed by atoms with Crippen molar-refractivity contribution in [3.05, 3.63) is 0 Å². The van der Waals surface area contributed by atoms with Crippen LogP contribution in [0.25, 0.3) is 0 Å². The fraction of sp³-hybridized carbons (Fsp3) is 0.875. The van der Waals surface area contributed by atoms with Gasteiger partial charge in [-0.1, -0.05) is 0 Å². The summed E-state index contributed by atoms with van der Waals surface area (Å²) in [5.41, 5.74) is 0. The van der Waals surface area contributed by atoms with E-state index in [1.165, 1.54) is 6.42 Å². The molecule has 1 aliphatic rings. The third-order valence-corrected chi connectivity index (χ3v) is 1.87. The molecular weight excluding hydrogens is 140 g/mol. The SMILES string of the molecule is N#CCCNC[C@H]1CCOC1. The van der Waals surface area contributed by atoms with Gasteiger partial charge >= 0.3 is 0 Å². The maximum atomic E-state index is 8.24. The lowest BCUT2D eigenvalue weighted by Gasteiger charge is -2.06. The van der Waals surface area contributed by atoms with Gasteiger partial charge in [0.25, 0.3) is 0 Å². The quantitative estimate of drug-likeness (QED) is 0.601. The molecule has 1 N–H and O–H groups in total. The van der Waals surface area contributed by atoms with Crippen LogP contribution in [0.3, 0.4) is 0 Å². The zero-order valence-corrected chi connectivity index (χ0v) is 6.68. The van der Waals surface area contributed by atoms with Crippen molar-refractivity contribution in [1.82, 2.24) is 5.32 Å². The van der Waals surface area contributed by atoms with Crippen LogP contribution in [-0.2, 0) is 4.74 Å². The van der Waals surface area contributed by atoms with Crippen LogP contribution in [-0.4, -0.2) is 26.3 Å². The van der Waals surface area contributed by atoms with Crippen LogP contribution in [0.2, 0.25) is 0 Å². The molecule has 0 bridgehead atoms. The van der Waals surface area contributed by atoms with Gasteiger partial charge in [-0.15, -0.1) is 0 Å². The summed E-state index contributed by atoms with van der Waals surface area (Å²) in [5.74, 6) is 0.675. The van der Waals surface area contributed by atoms with Crippen LogP contribution in [0.5, 0.6) is 0 Å². The van der Waals surface area contributed by atoms with Gasteiger partial charge in [0.05, 0.1) is 12.7 Å². The van der Waals surface area contributed by atoms with E-state index < -0.39 is 0 Å². The van der Waals surface area contributed by atoms with E-state index in [-0.39, 0.29) is 0 Å². The molecule has 1 aliphatic heterocycles. The molecule has 0 saturated carbocycles. The molecule has 0 aliphatic carbocycles. The summed E-state index contributed by atoms with van der Waals surface area (Å²) in [6, 6.07) is 2.10. The Hall–Kier alpha value is -0.590. The van der Waals surface area contributed by atoms with Crippen molar-refractivity contribution in [1.29, 1.82) is 5.26 Å². The first kappa shape index (κ1) is 8.51. The van der Waals surface area contributed by atoms with Crippen molar-refractivity contribution >= 4 is 0 Å². The minimum absolute atomic E-state index is 0.605. The molecule has 1 heterocycles. The Kier molecular flexibility index (Phi) is 3.95. The van der Waals surface area contributed by atoms with E-state index in [4.69, 9.17) is 10.00 Å². The highest BCUT2D eigenvalue weighted by molar-refractivity contribution is 4.72. The van der Waals surface area contributed by atoms with Crippen LogP contribution in [0, 0.1) is 17.2 Å². The molecule has 1 rings (SSSR count). The third kappa shape index (κ3) is 3.35. The smallest absolute Gasteiger partial charge is 0.0635 e. The first-order chi connectivity index (χ1) is 5.43. The van der Waals surface area contributed by atoms with Crippen molar-refractivity contribution in [2.24, 2.45) is 5.92 Å². The minimum atomic E-state index is 0.605. The highest BCUT2D eigenvalue weighted by Crippen LogP contribution is 2.10. The van der Waals surface area contributed by atoms with Gasteiger partial charge in [0.1, 0.15) is 0 Å². The van der Waals surface area contributed by atoms with Crippen molar-refractivity contribution in [2.75, 3.05) is 26.3 Å². The molecule has 11 heavy (non-hydrogen) atoms. The van der Waals surface area contributed by atoms with E-state index in [9.17, 15) is 0 Å². The van der Waals surface area contributed by atoms with Gasteiger partial charge in [-0.3, -0.25) is 0 Å². The molecule has 0 aromatic rings. The normalized spacial score (nSPS) is 23.4. The minimum Gasteiger partial charge on any atom is -0.381 e. The van der Waals surface area contributed by atoms with Gasteiger partial charge in [-0.05, 0) is 12.3 Å². The maximum Gasteiger partial charge on any atom is 0.0635 e. The fourth-order valence-corrected chi connectivity index (χ4v) is 1.19. The van der Waals surface area contributed by atoms with Crippen LogP contribution in [0.4, 0.5) is 0 Å². The molecule has 0 aromatic carbocycles. The Morgan fingerprint density at radius 3 is 3.18 bits per heavy atom. The van der Waals surface area contributed by atoms with Crippen LogP contribution in [0.15, 0.2) is 0 Å². The topological polar surface area (TPSA) is 45.0 Å². The first-order valence-electron chi connectivity index (χ1n) is 4.09. The Morgan fingerprint density at radius 1 is 1.64 bits per heavy atom. The predicted octanol–water partition coefficient (Wildman–Crippen LogP) is 0.526. The van der Waals surface area contributed by atoms with E-state index in [1.54, 1.807) is 0 Å². The van der Waals surface area contributed by atoms with E-state index in [2.05, 4.69) is 11.4 Å². The Bertz CT molecular complexity index is 136. The van der Waals surface area contributed by atoms with Gasteiger partial charge in [0.15, 0.2) is 0 Å². The molecule has 0 unspecified atom stereocenters. The molecule has 0 radical (unpaired) electrons. The number of hydrogen-bond acceptors (Lipinski definition) is 3. The number of nitrogens with zero attached hydrogens (tertiary/aromatic N) is 1. The molecule has 1 saturated heterocycles. The van der Waals surface area contributed by atoms with E-state index >= 15 is 0 Å². The molecule has 3 heteroatoms. The lowest BCUT2D eigenvalue weighted by Crippen LogP contribution is -2.23. The molecular formula is C8H14N2O. The number of nitrogens with one attached hydrogen (secondary N) is 1. The number of rotatable bonds is 4. The molecule has 0 amide bonds. The van der Waals surface area contributed by atoms with Gasteiger partial charge in [0, 0.05) is 26.1 Å². The van der Waals surface area contributed by atoms with Crippen molar-refractivity contribution < 1.29 is 4.74 Å². The fourth-order valence-electron chi connectivity index (χ4n) is 1.19. The van der Waals surface area contributed by atoms with E-state index in [1.807, 2.05) is 0 Å². The summed E-state index contributed by atoms with van der Waals surface area (Å²) in [4.78, 5) is 0. The maximum absolute atomic E-state index is 8.24. The van der Waals surface area contributed by atoms with Gasteiger partial charge in [0.2, 0.25) is 0 Å². The second kappa shape index (κ2) is 5.11. The monoisotopic (exact) mass is 154 g/mol. The third-order valence-electron chi connectivity index (χ3n) is 1.87. The van der Waals surface area contributed by atoms with Crippen molar-refractivity contribution in [2.45, 2.75) is 12.8 Å². The van der Waals surface area contributed by atoms with Crippen LogP contribution >= 0.6 is 0 Å². The molecule has 0 spiro atoms. The summed E-state index contributed by atoms with van der Waals surface area (Å²) in [6.07, 6.45) is 1.77. The molecule has 1 atom stereocenters. The molecule has 3 nitrogen and oxygen atoms in total. The molecule has 1 fully saturated rings. The highest BCUT2D eigenvalue weighted by Gasteiger charge is 2.14. The standard InChI is InChI=1S/C8H14N2O/c9-3-1-4-10-6-8-2-5-11-7-8/h8,10H,1-2,4-7H2/t8-/m1/s1. The molecule has 0 aromatic heterocycles. The van der Waals surface area contributed by atoms with Crippen molar-refractivity contribution in [3.63, 3.8) is 0 Å². The largest absolute Gasteiger partial charge is 0.381 e. The second-order valence-electron chi connectivity index (χ2n) is 2.84. The Morgan fingerprint density at radius 2 is 2.55 bits per heavy atom. The highest BCUT2D eigenvalue weighted by atomic mass is 16.5.